The zero-order valence-electron chi connectivity index (χ0n) is 11.3. The minimum absolute atomic E-state index is 0.654. The number of rotatable bonds is 3. The molecule has 1 fully saturated rings. The van der Waals surface area contributed by atoms with Crippen LogP contribution in [0.15, 0.2) is 12.1 Å². The van der Waals surface area contributed by atoms with Gasteiger partial charge in [0.05, 0.1) is 7.11 Å². The third kappa shape index (κ3) is 2.32. The molecule has 2 heteroatoms. The van der Waals surface area contributed by atoms with Gasteiger partial charge in [0.25, 0.3) is 0 Å². The highest BCUT2D eigenvalue weighted by atomic mass is 16.5. The Bertz CT molecular complexity index is 400. The summed E-state index contributed by atoms with van der Waals surface area (Å²) in [6, 6.07) is 5.15. The molecule has 0 heterocycles. The van der Waals surface area contributed by atoms with Crippen molar-refractivity contribution in [2.45, 2.75) is 45.1 Å². The van der Waals surface area contributed by atoms with Gasteiger partial charge in [0.15, 0.2) is 0 Å². The Morgan fingerprint density at radius 3 is 2.59 bits per heavy atom. The van der Waals surface area contributed by atoms with E-state index in [0.29, 0.717) is 12.0 Å². The van der Waals surface area contributed by atoms with E-state index in [4.69, 9.17) is 4.74 Å². The molecule has 0 saturated heterocycles. The topological polar surface area (TPSA) is 21.3 Å². The quantitative estimate of drug-likeness (QED) is 0.866. The van der Waals surface area contributed by atoms with E-state index >= 15 is 0 Å². The van der Waals surface area contributed by atoms with Gasteiger partial charge < -0.3 is 10.1 Å². The summed E-state index contributed by atoms with van der Waals surface area (Å²) in [5.41, 5.74) is 4.00. The average molecular weight is 233 g/mol. The van der Waals surface area contributed by atoms with Crippen molar-refractivity contribution in [2.75, 3.05) is 14.2 Å². The summed E-state index contributed by atoms with van der Waals surface area (Å²) < 4.78 is 5.62. The highest BCUT2D eigenvalue weighted by molar-refractivity contribution is 5.47. The lowest BCUT2D eigenvalue weighted by Crippen LogP contribution is -2.21. The van der Waals surface area contributed by atoms with E-state index in [0.717, 1.165) is 5.75 Å². The first kappa shape index (κ1) is 12.4. The molecule has 1 saturated carbocycles. The van der Waals surface area contributed by atoms with Crippen LogP contribution < -0.4 is 10.1 Å². The lowest BCUT2D eigenvalue weighted by atomic mass is 9.93. The van der Waals surface area contributed by atoms with Crippen molar-refractivity contribution < 1.29 is 4.74 Å². The lowest BCUT2D eigenvalue weighted by Gasteiger charge is -2.18. The van der Waals surface area contributed by atoms with Gasteiger partial charge in [-0.2, -0.15) is 0 Å². The van der Waals surface area contributed by atoms with Crippen LogP contribution in [0.25, 0.3) is 0 Å². The van der Waals surface area contributed by atoms with Gasteiger partial charge in [-0.3, -0.25) is 0 Å². The molecule has 0 amide bonds. The zero-order valence-corrected chi connectivity index (χ0v) is 11.3. The Morgan fingerprint density at radius 2 is 2.00 bits per heavy atom. The maximum Gasteiger partial charge on any atom is 0.125 e. The van der Waals surface area contributed by atoms with Gasteiger partial charge in [-0.15, -0.1) is 0 Å². The van der Waals surface area contributed by atoms with Gasteiger partial charge >= 0.3 is 0 Å². The monoisotopic (exact) mass is 233 g/mol. The number of ether oxygens (including phenoxy) is 1. The maximum absolute atomic E-state index is 5.62. The fourth-order valence-electron chi connectivity index (χ4n) is 2.93. The van der Waals surface area contributed by atoms with Gasteiger partial charge in [-0.1, -0.05) is 12.1 Å². The van der Waals surface area contributed by atoms with E-state index in [1.807, 2.05) is 0 Å². The second-order valence-corrected chi connectivity index (χ2v) is 5.13. The number of methoxy groups -OCH3 is 1. The molecule has 1 aromatic rings. The Labute approximate surface area is 104 Å². The summed E-state index contributed by atoms with van der Waals surface area (Å²) in [4.78, 5) is 0. The number of hydrogen-bond acceptors (Lipinski definition) is 2. The largest absolute Gasteiger partial charge is 0.496 e. The number of benzene rings is 1. The second kappa shape index (κ2) is 5.09. The molecule has 1 N–H and O–H groups in total. The third-order valence-electron chi connectivity index (χ3n) is 4.19. The number of hydrogen-bond donors (Lipinski definition) is 1. The normalized spacial score (nSPS) is 24.0. The van der Waals surface area contributed by atoms with Crippen LogP contribution in [0.5, 0.6) is 5.75 Å². The molecule has 0 spiro atoms. The van der Waals surface area contributed by atoms with Gasteiger partial charge in [0.1, 0.15) is 5.75 Å². The standard InChI is InChI=1S/C15H23NO/c1-10-5-8-14(15(17-4)11(10)2)12-6-7-13(9-12)16-3/h5,8,12-13,16H,6-7,9H2,1-4H3. The van der Waals surface area contributed by atoms with E-state index < -0.39 is 0 Å². The summed E-state index contributed by atoms with van der Waals surface area (Å²) in [7, 11) is 3.85. The van der Waals surface area contributed by atoms with Crippen LogP contribution in [0.1, 0.15) is 41.9 Å². The maximum atomic E-state index is 5.62. The predicted octanol–water partition coefficient (Wildman–Crippen LogP) is 3.17. The number of nitrogens with one attached hydrogen (secondary N) is 1. The fourth-order valence-corrected chi connectivity index (χ4v) is 2.93. The van der Waals surface area contributed by atoms with Gasteiger partial charge in [0, 0.05) is 6.04 Å². The molecule has 17 heavy (non-hydrogen) atoms. The summed E-state index contributed by atoms with van der Waals surface area (Å²) in [6.07, 6.45) is 3.77. The van der Waals surface area contributed by atoms with E-state index in [-0.39, 0.29) is 0 Å². The van der Waals surface area contributed by atoms with Gasteiger partial charge in [0.2, 0.25) is 0 Å². The Kier molecular flexibility index (Phi) is 3.72. The molecular formula is C15H23NO. The average Bonchev–Trinajstić information content (AvgIpc) is 2.81. The van der Waals surface area contributed by atoms with Crippen LogP contribution in [0.2, 0.25) is 0 Å². The first-order valence-electron chi connectivity index (χ1n) is 6.48. The van der Waals surface area contributed by atoms with E-state index in [1.54, 1.807) is 7.11 Å². The number of aryl methyl sites for hydroxylation is 1. The Hall–Kier alpha value is -1.02. The highest BCUT2D eigenvalue weighted by Crippen LogP contribution is 2.40. The minimum atomic E-state index is 0.654. The van der Waals surface area contributed by atoms with Crippen LogP contribution >= 0.6 is 0 Å². The highest BCUT2D eigenvalue weighted by Gasteiger charge is 2.27. The van der Waals surface area contributed by atoms with Gasteiger partial charge in [-0.05, 0) is 62.8 Å². The second-order valence-electron chi connectivity index (χ2n) is 5.13. The van der Waals surface area contributed by atoms with Crippen molar-refractivity contribution in [3.63, 3.8) is 0 Å². The smallest absolute Gasteiger partial charge is 0.125 e. The molecule has 2 nitrogen and oxygen atoms in total. The van der Waals surface area contributed by atoms with Crippen molar-refractivity contribution >= 4 is 0 Å². The fraction of sp³-hybridized carbons (Fsp3) is 0.600. The molecule has 0 bridgehead atoms. The van der Waals surface area contributed by atoms with Crippen LogP contribution in [-0.4, -0.2) is 20.2 Å². The third-order valence-corrected chi connectivity index (χ3v) is 4.19. The molecule has 1 aromatic carbocycles. The van der Waals surface area contributed by atoms with Crippen molar-refractivity contribution in [3.05, 3.63) is 28.8 Å². The summed E-state index contributed by atoms with van der Waals surface area (Å²) in [6.45, 7) is 4.30. The molecule has 2 rings (SSSR count). The first-order valence-corrected chi connectivity index (χ1v) is 6.48. The van der Waals surface area contributed by atoms with Crippen LogP contribution in [0.3, 0.4) is 0 Å². The van der Waals surface area contributed by atoms with Gasteiger partial charge in [-0.25, -0.2) is 0 Å². The van der Waals surface area contributed by atoms with E-state index in [2.05, 4.69) is 38.3 Å². The molecule has 94 valence electrons. The van der Waals surface area contributed by atoms with Crippen molar-refractivity contribution in [1.82, 2.24) is 5.32 Å². The molecule has 2 atom stereocenters. The molecule has 1 aliphatic rings. The lowest BCUT2D eigenvalue weighted by molar-refractivity contribution is 0.401. The molecule has 1 aliphatic carbocycles. The van der Waals surface area contributed by atoms with Crippen LogP contribution in [0, 0.1) is 13.8 Å². The summed E-state index contributed by atoms with van der Waals surface area (Å²) >= 11 is 0. The molecule has 0 radical (unpaired) electrons. The summed E-state index contributed by atoms with van der Waals surface area (Å²) in [5.74, 6) is 1.76. The molecular weight excluding hydrogens is 210 g/mol. The first-order chi connectivity index (χ1) is 8.17. The van der Waals surface area contributed by atoms with Crippen molar-refractivity contribution in [1.29, 1.82) is 0 Å². The Morgan fingerprint density at radius 1 is 1.24 bits per heavy atom. The van der Waals surface area contributed by atoms with E-state index in [9.17, 15) is 0 Å². The van der Waals surface area contributed by atoms with Crippen LogP contribution in [0.4, 0.5) is 0 Å². The van der Waals surface area contributed by atoms with Crippen molar-refractivity contribution in [3.8, 4) is 5.75 Å². The molecule has 2 unspecified atom stereocenters. The predicted molar refractivity (Wildman–Crippen MR) is 71.9 cm³/mol. The zero-order chi connectivity index (χ0) is 12.4. The Balaban J connectivity index is 2.30. The summed E-state index contributed by atoms with van der Waals surface area (Å²) in [5, 5.41) is 3.39. The SMILES string of the molecule is CNC1CCC(c2ccc(C)c(C)c2OC)C1. The van der Waals surface area contributed by atoms with E-state index in [1.165, 1.54) is 36.0 Å². The van der Waals surface area contributed by atoms with Crippen LogP contribution in [-0.2, 0) is 0 Å². The molecule has 0 aromatic heterocycles. The minimum Gasteiger partial charge on any atom is -0.496 e. The van der Waals surface area contributed by atoms with Crippen molar-refractivity contribution in [2.24, 2.45) is 0 Å². The molecule has 0 aliphatic heterocycles.